The molecule has 0 saturated carbocycles. The number of hydrogen-bond acceptors (Lipinski definition) is 2. The molecule has 2 atom stereocenters. The van der Waals surface area contributed by atoms with Gasteiger partial charge in [0.15, 0.2) is 0 Å². The summed E-state index contributed by atoms with van der Waals surface area (Å²) in [7, 11) is 1.18. The Bertz CT molecular complexity index is 395. The van der Waals surface area contributed by atoms with Crippen LogP contribution in [0.5, 0.6) is 0 Å². The SMILES string of the molecule is CNC(CS(=O)CC(C)C)c1cc(C)cc(C)c1. The van der Waals surface area contributed by atoms with Crippen LogP contribution >= 0.6 is 0 Å². The fraction of sp³-hybridized carbons (Fsp3) is 0.600. The van der Waals surface area contributed by atoms with Crippen molar-refractivity contribution in [3.63, 3.8) is 0 Å². The molecule has 1 N–H and O–H groups in total. The van der Waals surface area contributed by atoms with Crippen molar-refractivity contribution in [2.75, 3.05) is 18.6 Å². The van der Waals surface area contributed by atoms with Gasteiger partial charge in [0.2, 0.25) is 0 Å². The summed E-state index contributed by atoms with van der Waals surface area (Å²) in [4.78, 5) is 0. The largest absolute Gasteiger partial charge is 0.312 e. The second-order valence-corrected chi connectivity index (χ2v) is 6.98. The minimum absolute atomic E-state index is 0.184. The molecule has 2 nitrogen and oxygen atoms in total. The topological polar surface area (TPSA) is 29.1 Å². The van der Waals surface area contributed by atoms with Crippen molar-refractivity contribution in [2.45, 2.75) is 33.7 Å². The second-order valence-electron chi connectivity index (χ2n) is 5.43. The number of benzene rings is 1. The standard InChI is InChI=1S/C15H25NOS/c1-11(2)9-18(17)10-15(16-5)14-7-12(3)6-13(4)8-14/h6-8,11,15-16H,9-10H2,1-5H3. The predicted octanol–water partition coefficient (Wildman–Crippen LogP) is 2.97. The zero-order chi connectivity index (χ0) is 13.7. The fourth-order valence-electron chi connectivity index (χ4n) is 2.18. The number of rotatable bonds is 6. The summed E-state index contributed by atoms with van der Waals surface area (Å²) in [6.45, 7) is 8.44. The van der Waals surface area contributed by atoms with E-state index in [9.17, 15) is 4.21 Å². The van der Waals surface area contributed by atoms with Crippen LogP contribution < -0.4 is 5.32 Å². The van der Waals surface area contributed by atoms with E-state index >= 15 is 0 Å². The first-order chi connectivity index (χ1) is 8.42. The van der Waals surface area contributed by atoms with Crippen molar-refractivity contribution in [2.24, 2.45) is 5.92 Å². The molecule has 18 heavy (non-hydrogen) atoms. The van der Waals surface area contributed by atoms with Crippen LogP contribution in [-0.2, 0) is 10.8 Å². The lowest BCUT2D eigenvalue weighted by atomic mass is 10.0. The van der Waals surface area contributed by atoms with Gasteiger partial charge in [0.1, 0.15) is 0 Å². The van der Waals surface area contributed by atoms with Gasteiger partial charge in [0.25, 0.3) is 0 Å². The molecular weight excluding hydrogens is 242 g/mol. The van der Waals surface area contributed by atoms with Gasteiger partial charge in [-0.2, -0.15) is 0 Å². The molecule has 0 heterocycles. The van der Waals surface area contributed by atoms with Crippen molar-refractivity contribution in [1.29, 1.82) is 0 Å². The Kier molecular flexibility index (Phi) is 6.03. The average molecular weight is 267 g/mol. The van der Waals surface area contributed by atoms with Gasteiger partial charge in [-0.25, -0.2) is 0 Å². The van der Waals surface area contributed by atoms with E-state index in [1.54, 1.807) is 0 Å². The fourth-order valence-corrected chi connectivity index (χ4v) is 3.79. The maximum Gasteiger partial charge on any atom is 0.0434 e. The lowest BCUT2D eigenvalue weighted by molar-refractivity contribution is 0.626. The molecule has 0 bridgehead atoms. The molecule has 0 aliphatic rings. The van der Waals surface area contributed by atoms with Crippen molar-refractivity contribution < 1.29 is 4.21 Å². The minimum atomic E-state index is -0.756. The lowest BCUT2D eigenvalue weighted by Crippen LogP contribution is -2.24. The highest BCUT2D eigenvalue weighted by Gasteiger charge is 2.14. The van der Waals surface area contributed by atoms with Gasteiger partial charge in [-0.15, -0.1) is 0 Å². The maximum atomic E-state index is 12.0. The Balaban J connectivity index is 2.79. The molecule has 0 spiro atoms. The first-order valence-electron chi connectivity index (χ1n) is 6.52. The van der Waals surface area contributed by atoms with E-state index in [2.05, 4.69) is 51.2 Å². The quantitative estimate of drug-likeness (QED) is 0.858. The molecule has 1 aromatic carbocycles. The summed E-state index contributed by atoms with van der Waals surface area (Å²) in [6.07, 6.45) is 0. The summed E-state index contributed by atoms with van der Waals surface area (Å²) in [5.74, 6) is 1.96. The monoisotopic (exact) mass is 267 g/mol. The first-order valence-corrected chi connectivity index (χ1v) is 8.01. The molecule has 0 fully saturated rings. The zero-order valence-corrected chi connectivity index (χ0v) is 12.9. The number of aryl methyl sites for hydroxylation is 2. The summed E-state index contributed by atoms with van der Waals surface area (Å²) >= 11 is 0. The third-order valence-corrected chi connectivity index (χ3v) is 4.61. The van der Waals surface area contributed by atoms with Crippen molar-refractivity contribution in [1.82, 2.24) is 5.32 Å². The zero-order valence-electron chi connectivity index (χ0n) is 12.1. The van der Waals surface area contributed by atoms with Gasteiger partial charge < -0.3 is 5.32 Å². The van der Waals surface area contributed by atoms with Crippen molar-refractivity contribution in [3.05, 3.63) is 34.9 Å². The van der Waals surface area contributed by atoms with E-state index < -0.39 is 10.8 Å². The van der Waals surface area contributed by atoms with Gasteiger partial charge in [-0.05, 0) is 32.4 Å². The van der Waals surface area contributed by atoms with E-state index in [0.717, 1.165) is 5.75 Å². The molecule has 0 aliphatic carbocycles. The van der Waals surface area contributed by atoms with Crippen LogP contribution in [0.4, 0.5) is 0 Å². The summed E-state index contributed by atoms with van der Waals surface area (Å²) < 4.78 is 12.0. The number of hydrogen-bond donors (Lipinski definition) is 1. The molecule has 0 amide bonds. The van der Waals surface area contributed by atoms with E-state index in [4.69, 9.17) is 0 Å². The molecule has 1 aromatic rings. The lowest BCUT2D eigenvalue weighted by Gasteiger charge is -2.18. The molecule has 0 saturated heterocycles. The van der Waals surface area contributed by atoms with Gasteiger partial charge in [-0.3, -0.25) is 4.21 Å². The molecule has 2 unspecified atom stereocenters. The molecule has 1 rings (SSSR count). The normalized spacial score (nSPS) is 14.8. The third-order valence-electron chi connectivity index (χ3n) is 2.87. The summed E-state index contributed by atoms with van der Waals surface area (Å²) in [6, 6.07) is 6.71. The highest BCUT2D eigenvalue weighted by molar-refractivity contribution is 7.85. The first kappa shape index (κ1) is 15.4. The Morgan fingerprint density at radius 1 is 1.11 bits per heavy atom. The predicted molar refractivity (Wildman–Crippen MR) is 80.4 cm³/mol. The van der Waals surface area contributed by atoms with Crippen LogP contribution in [0.1, 0.15) is 36.6 Å². The van der Waals surface area contributed by atoms with Crippen LogP contribution in [-0.4, -0.2) is 22.8 Å². The molecular formula is C15H25NOS. The van der Waals surface area contributed by atoms with Crippen LogP contribution in [0.25, 0.3) is 0 Å². The van der Waals surface area contributed by atoms with E-state index in [0.29, 0.717) is 11.7 Å². The Labute approximate surface area is 114 Å². The Morgan fingerprint density at radius 3 is 2.11 bits per heavy atom. The van der Waals surface area contributed by atoms with Crippen molar-refractivity contribution in [3.8, 4) is 0 Å². The van der Waals surface area contributed by atoms with Crippen LogP contribution in [0.3, 0.4) is 0 Å². The maximum absolute atomic E-state index is 12.0. The highest BCUT2D eigenvalue weighted by Crippen LogP contribution is 2.18. The number of nitrogens with one attached hydrogen (secondary N) is 1. The summed E-state index contributed by atoms with van der Waals surface area (Å²) in [5, 5.41) is 3.28. The average Bonchev–Trinajstić information content (AvgIpc) is 2.23. The Morgan fingerprint density at radius 2 is 1.67 bits per heavy atom. The smallest absolute Gasteiger partial charge is 0.0434 e. The van der Waals surface area contributed by atoms with Crippen LogP contribution in [0, 0.1) is 19.8 Å². The minimum Gasteiger partial charge on any atom is -0.312 e. The van der Waals surface area contributed by atoms with Gasteiger partial charge in [-0.1, -0.05) is 43.2 Å². The van der Waals surface area contributed by atoms with Crippen molar-refractivity contribution >= 4 is 10.8 Å². The van der Waals surface area contributed by atoms with Gasteiger partial charge in [0, 0.05) is 28.3 Å². The van der Waals surface area contributed by atoms with E-state index in [1.807, 2.05) is 7.05 Å². The molecule has 102 valence electrons. The molecule has 0 aliphatic heterocycles. The summed E-state index contributed by atoms with van der Waals surface area (Å²) in [5.41, 5.74) is 3.77. The van der Waals surface area contributed by atoms with Gasteiger partial charge in [0.05, 0.1) is 0 Å². The molecule has 0 radical (unpaired) electrons. The van der Waals surface area contributed by atoms with E-state index in [-0.39, 0.29) is 6.04 Å². The van der Waals surface area contributed by atoms with Gasteiger partial charge >= 0.3 is 0 Å². The van der Waals surface area contributed by atoms with E-state index in [1.165, 1.54) is 16.7 Å². The highest BCUT2D eigenvalue weighted by atomic mass is 32.2. The molecule has 3 heteroatoms. The second kappa shape index (κ2) is 7.05. The Hall–Kier alpha value is -0.670. The molecule has 0 aromatic heterocycles. The third kappa shape index (κ3) is 4.91. The van der Waals surface area contributed by atoms with Crippen LogP contribution in [0.2, 0.25) is 0 Å². The van der Waals surface area contributed by atoms with Crippen LogP contribution in [0.15, 0.2) is 18.2 Å².